The van der Waals surface area contributed by atoms with E-state index in [0.717, 1.165) is 0 Å². The van der Waals surface area contributed by atoms with Gasteiger partial charge in [0.05, 0.1) is 0 Å². The van der Waals surface area contributed by atoms with E-state index in [9.17, 15) is 0 Å². The van der Waals surface area contributed by atoms with Crippen LogP contribution in [0.15, 0.2) is 0 Å². The zero-order valence-electron chi connectivity index (χ0n) is 9.69. The van der Waals surface area contributed by atoms with Gasteiger partial charge in [0, 0.05) is 21.1 Å². The van der Waals surface area contributed by atoms with E-state index in [1.807, 2.05) is 48.0 Å². The summed E-state index contributed by atoms with van der Waals surface area (Å²) < 4.78 is 0. The number of hydrogen-bond acceptors (Lipinski definition) is 0. The maximum Gasteiger partial charge on any atom is 0 e. The van der Waals surface area contributed by atoms with Crippen molar-refractivity contribution in [2.45, 2.75) is 61.8 Å². The Labute approximate surface area is 89.4 Å². The van der Waals surface area contributed by atoms with Gasteiger partial charge in [-0.25, -0.2) is 0 Å². The summed E-state index contributed by atoms with van der Waals surface area (Å²) in [5, 5.41) is 0. The van der Waals surface area contributed by atoms with Crippen molar-refractivity contribution in [1.29, 1.82) is 0 Å². The molecule has 0 N–H and O–H groups in total. The number of rotatable bonds is 0. The van der Waals surface area contributed by atoms with Crippen molar-refractivity contribution in [2.75, 3.05) is 0 Å². The Balaban J connectivity index is -0.0000000144. The molecule has 11 heavy (non-hydrogen) atoms. The van der Waals surface area contributed by atoms with Gasteiger partial charge in [0.25, 0.3) is 0 Å². The molecule has 74 valence electrons. The van der Waals surface area contributed by atoms with Crippen molar-refractivity contribution >= 4 is 0 Å². The van der Waals surface area contributed by atoms with Crippen LogP contribution in [0, 0.1) is 6.42 Å². The summed E-state index contributed by atoms with van der Waals surface area (Å²) in [6.07, 6.45) is 3.25. The largest absolute Gasteiger partial charge is 0.335 e. The molecular weight excluding hydrogens is 304 g/mol. The molecule has 0 atom stereocenters. The van der Waals surface area contributed by atoms with Crippen molar-refractivity contribution in [1.82, 2.24) is 0 Å². The van der Waals surface area contributed by atoms with Gasteiger partial charge >= 0.3 is 0 Å². The molecule has 0 saturated carbocycles. The quantitative estimate of drug-likeness (QED) is 0.565. The normalized spacial score (nSPS) is 4.36. The minimum atomic E-state index is 0. The SMILES string of the molecule is CC.CC.CCC.C[CH-]C.[W]. The summed E-state index contributed by atoms with van der Waals surface area (Å²) in [7, 11) is 0. The van der Waals surface area contributed by atoms with Crippen molar-refractivity contribution in [3.05, 3.63) is 6.42 Å². The molecule has 0 radical (unpaired) electrons. The molecule has 0 aromatic rings. The molecule has 0 unspecified atom stereocenters. The molecule has 0 rings (SSSR count). The molecule has 0 aliphatic carbocycles. The molecule has 0 nitrogen and oxygen atoms in total. The molecule has 0 aliphatic rings. The minimum absolute atomic E-state index is 0. The molecule has 0 bridgehead atoms. The van der Waals surface area contributed by atoms with Crippen LogP contribution in [0.25, 0.3) is 0 Å². The van der Waals surface area contributed by atoms with Crippen LogP contribution >= 0.6 is 0 Å². The monoisotopic (exact) mass is 331 g/mol. The molecule has 0 heterocycles. The van der Waals surface area contributed by atoms with E-state index in [4.69, 9.17) is 0 Å². The zero-order valence-corrected chi connectivity index (χ0v) is 12.6. The summed E-state index contributed by atoms with van der Waals surface area (Å²) in [5.74, 6) is 0. The van der Waals surface area contributed by atoms with Crippen molar-refractivity contribution in [3.8, 4) is 0 Å². The molecule has 0 fully saturated rings. The topological polar surface area (TPSA) is 0 Å². The van der Waals surface area contributed by atoms with Crippen LogP contribution in [0.4, 0.5) is 0 Å². The minimum Gasteiger partial charge on any atom is -0.335 e. The van der Waals surface area contributed by atoms with Crippen LogP contribution < -0.4 is 0 Å². The summed E-state index contributed by atoms with van der Waals surface area (Å²) >= 11 is 0. The fraction of sp³-hybridized carbons (Fsp3) is 0.900. The van der Waals surface area contributed by atoms with E-state index in [2.05, 4.69) is 13.8 Å². The van der Waals surface area contributed by atoms with E-state index in [1.54, 1.807) is 0 Å². The Bertz CT molecular complexity index is 6.83. The Morgan fingerprint density at radius 3 is 0.818 bits per heavy atom. The third kappa shape index (κ3) is 1700. The second-order valence-corrected chi connectivity index (χ2v) is 1.28. The summed E-state index contributed by atoms with van der Waals surface area (Å²) in [6.45, 7) is 16.2. The van der Waals surface area contributed by atoms with Gasteiger partial charge in [0.1, 0.15) is 0 Å². The first-order valence-corrected chi connectivity index (χ1v) is 4.57. The van der Waals surface area contributed by atoms with Crippen LogP contribution in [0.3, 0.4) is 0 Å². The second-order valence-electron chi connectivity index (χ2n) is 1.28. The van der Waals surface area contributed by atoms with Gasteiger partial charge in [-0.3, -0.25) is 0 Å². The molecule has 0 aromatic heterocycles. The standard InChI is InChI=1S/C3H8.C3H7.2C2H6.W/c2*1-3-2;2*1-2;/h3H2,1-2H3;3H,1-2H3;2*1-2H3;/q;-1;;;. The fourth-order valence-electron chi connectivity index (χ4n) is 0. The van der Waals surface area contributed by atoms with Gasteiger partial charge in [-0.1, -0.05) is 48.0 Å². The van der Waals surface area contributed by atoms with Crippen LogP contribution in [-0.2, 0) is 21.1 Å². The molecule has 0 spiro atoms. The second kappa shape index (κ2) is 139. The fourth-order valence-corrected chi connectivity index (χ4v) is 0. The average molecular weight is 331 g/mol. The summed E-state index contributed by atoms with van der Waals surface area (Å²) in [5.41, 5.74) is 0. The molecule has 0 aliphatic heterocycles. The van der Waals surface area contributed by atoms with Gasteiger partial charge in [-0.05, 0) is 0 Å². The average Bonchev–Trinajstić information content (AvgIpc) is 1.99. The molecule has 0 aromatic carbocycles. The molecule has 0 saturated heterocycles. The van der Waals surface area contributed by atoms with E-state index in [1.165, 1.54) is 6.42 Å². The Morgan fingerprint density at radius 1 is 0.818 bits per heavy atom. The first-order chi connectivity index (χ1) is 4.83. The third-order valence-corrected chi connectivity index (χ3v) is 0. The predicted molar refractivity (Wildman–Crippen MR) is 54.3 cm³/mol. The first-order valence-electron chi connectivity index (χ1n) is 4.57. The van der Waals surface area contributed by atoms with E-state index < -0.39 is 0 Å². The van der Waals surface area contributed by atoms with Crippen LogP contribution in [0.2, 0.25) is 0 Å². The van der Waals surface area contributed by atoms with Gasteiger partial charge in [0.15, 0.2) is 0 Å². The van der Waals surface area contributed by atoms with E-state index in [0.29, 0.717) is 0 Å². The van der Waals surface area contributed by atoms with Crippen LogP contribution in [0.1, 0.15) is 61.8 Å². The summed E-state index contributed by atoms with van der Waals surface area (Å²) in [4.78, 5) is 0. The number of hydrogen-bond donors (Lipinski definition) is 0. The van der Waals surface area contributed by atoms with Crippen LogP contribution in [0.5, 0.6) is 0 Å². The predicted octanol–water partition coefficient (Wildman–Crippen LogP) is 4.70. The molecule has 0 amide bonds. The third-order valence-electron chi connectivity index (χ3n) is 0. The van der Waals surface area contributed by atoms with Gasteiger partial charge in [0.2, 0.25) is 0 Å². The van der Waals surface area contributed by atoms with Gasteiger partial charge in [-0.2, -0.15) is 13.8 Å². The summed E-state index contributed by atoms with van der Waals surface area (Å²) in [6, 6.07) is 0. The van der Waals surface area contributed by atoms with E-state index >= 15 is 0 Å². The van der Waals surface area contributed by atoms with Gasteiger partial charge < -0.3 is 6.42 Å². The van der Waals surface area contributed by atoms with Crippen molar-refractivity contribution in [2.24, 2.45) is 0 Å². The Morgan fingerprint density at radius 2 is 0.818 bits per heavy atom. The molecular formula is C10H27W-. The molecule has 1 heteroatoms. The van der Waals surface area contributed by atoms with E-state index in [-0.39, 0.29) is 21.1 Å². The Kier molecular flexibility index (Phi) is 377. The maximum absolute atomic E-state index is 2.12. The first kappa shape index (κ1) is 29.8. The Hall–Kier alpha value is 0.688. The zero-order chi connectivity index (χ0) is 9.41. The maximum atomic E-state index is 2.12. The van der Waals surface area contributed by atoms with Crippen LogP contribution in [-0.4, -0.2) is 0 Å². The van der Waals surface area contributed by atoms with Crippen molar-refractivity contribution in [3.63, 3.8) is 0 Å². The van der Waals surface area contributed by atoms with Gasteiger partial charge in [-0.15, -0.1) is 0 Å². The smallest absolute Gasteiger partial charge is 0 e. The van der Waals surface area contributed by atoms with Crippen molar-refractivity contribution < 1.29 is 21.1 Å².